The van der Waals surface area contributed by atoms with Gasteiger partial charge in [0, 0.05) is 36.6 Å². The van der Waals surface area contributed by atoms with Crippen molar-refractivity contribution >= 4 is 17.6 Å². The van der Waals surface area contributed by atoms with Gasteiger partial charge in [-0.2, -0.15) is 0 Å². The molecule has 3 aromatic carbocycles. The maximum atomic E-state index is 13.5. The third kappa shape index (κ3) is 6.15. The van der Waals surface area contributed by atoms with E-state index in [0.717, 1.165) is 5.56 Å². The van der Waals surface area contributed by atoms with Crippen LogP contribution >= 0.6 is 0 Å². The van der Waals surface area contributed by atoms with Gasteiger partial charge in [0.05, 0.1) is 7.11 Å². The van der Waals surface area contributed by atoms with E-state index < -0.39 is 6.04 Å². The fourth-order valence-corrected chi connectivity index (χ4v) is 4.45. The molecule has 1 N–H and O–H groups in total. The molecule has 0 aromatic heterocycles. The molecule has 1 fully saturated rings. The number of likely N-dealkylation sites (tertiary alicyclic amines) is 1. The van der Waals surface area contributed by atoms with E-state index in [-0.39, 0.29) is 23.5 Å². The molecule has 1 aliphatic rings. The highest BCUT2D eigenvalue weighted by Gasteiger charge is 2.32. The largest absolute Gasteiger partial charge is 0.497 e. The molecular weight excluding hydrogens is 440 g/mol. The Morgan fingerprint density at radius 1 is 0.857 bits per heavy atom. The molecule has 0 aliphatic carbocycles. The summed E-state index contributed by atoms with van der Waals surface area (Å²) < 4.78 is 5.17. The topological polar surface area (TPSA) is 75.7 Å². The van der Waals surface area contributed by atoms with Crippen LogP contribution in [0.25, 0.3) is 0 Å². The molecule has 2 amide bonds. The van der Waals surface area contributed by atoms with Gasteiger partial charge in [-0.15, -0.1) is 0 Å². The number of rotatable bonds is 8. The van der Waals surface area contributed by atoms with Gasteiger partial charge in [0.1, 0.15) is 11.8 Å². The zero-order valence-corrected chi connectivity index (χ0v) is 19.9. The van der Waals surface area contributed by atoms with Gasteiger partial charge in [0.25, 0.3) is 5.91 Å². The van der Waals surface area contributed by atoms with Crippen molar-refractivity contribution in [2.45, 2.75) is 25.3 Å². The molecule has 35 heavy (non-hydrogen) atoms. The van der Waals surface area contributed by atoms with Crippen LogP contribution in [0.1, 0.15) is 39.1 Å². The number of hydrogen-bond donors (Lipinski definition) is 1. The number of Topliss-reactive ketones (excluding diaryl/α,β-unsaturated/α-hetero) is 1. The molecule has 3 aromatic rings. The van der Waals surface area contributed by atoms with Crippen LogP contribution in [-0.4, -0.2) is 48.7 Å². The predicted octanol–water partition coefficient (Wildman–Crippen LogP) is 4.16. The fourth-order valence-electron chi connectivity index (χ4n) is 4.45. The van der Waals surface area contributed by atoms with Crippen LogP contribution in [-0.2, 0) is 11.2 Å². The summed E-state index contributed by atoms with van der Waals surface area (Å²) in [6.07, 6.45) is 1.60. The number of methoxy groups -OCH3 is 1. The smallest absolute Gasteiger partial charge is 0.251 e. The molecule has 4 rings (SSSR count). The molecule has 1 atom stereocenters. The first-order valence-corrected chi connectivity index (χ1v) is 11.9. The van der Waals surface area contributed by atoms with Crippen LogP contribution < -0.4 is 10.1 Å². The molecule has 0 unspecified atom stereocenters. The third-order valence-corrected chi connectivity index (χ3v) is 6.47. The number of ketones is 1. The van der Waals surface area contributed by atoms with Crippen LogP contribution in [0.5, 0.6) is 5.75 Å². The van der Waals surface area contributed by atoms with Crippen LogP contribution in [0.2, 0.25) is 0 Å². The van der Waals surface area contributed by atoms with Crippen molar-refractivity contribution in [3.63, 3.8) is 0 Å². The van der Waals surface area contributed by atoms with Crippen LogP contribution in [0, 0.1) is 5.92 Å². The summed E-state index contributed by atoms with van der Waals surface area (Å²) in [7, 11) is 1.59. The second-order valence-corrected chi connectivity index (χ2v) is 8.77. The Kier molecular flexibility index (Phi) is 7.93. The van der Waals surface area contributed by atoms with Crippen molar-refractivity contribution in [3.8, 4) is 5.75 Å². The van der Waals surface area contributed by atoms with E-state index in [4.69, 9.17) is 4.74 Å². The second kappa shape index (κ2) is 11.5. The first-order valence-electron chi connectivity index (χ1n) is 11.9. The van der Waals surface area contributed by atoms with Gasteiger partial charge >= 0.3 is 0 Å². The number of piperidine rings is 1. The van der Waals surface area contributed by atoms with Gasteiger partial charge < -0.3 is 15.0 Å². The SMILES string of the molecule is COc1ccc(C(=O)C2CCN(C(=O)[C@H](Cc3ccccc3)NC(=O)c3ccccc3)CC2)cc1. The number of benzene rings is 3. The first kappa shape index (κ1) is 24.2. The summed E-state index contributed by atoms with van der Waals surface area (Å²) in [6, 6.07) is 25.0. The van der Waals surface area contributed by atoms with Crippen LogP contribution in [0.4, 0.5) is 0 Å². The van der Waals surface area contributed by atoms with E-state index in [1.165, 1.54) is 0 Å². The van der Waals surface area contributed by atoms with Crippen molar-refractivity contribution in [3.05, 3.63) is 102 Å². The average molecular weight is 471 g/mol. The van der Waals surface area contributed by atoms with Crippen molar-refractivity contribution in [2.24, 2.45) is 5.92 Å². The average Bonchev–Trinajstić information content (AvgIpc) is 2.93. The maximum absolute atomic E-state index is 13.5. The molecule has 6 heteroatoms. The van der Waals surface area contributed by atoms with E-state index in [9.17, 15) is 14.4 Å². The maximum Gasteiger partial charge on any atom is 0.251 e. The Balaban J connectivity index is 1.42. The van der Waals surface area contributed by atoms with Crippen LogP contribution in [0.3, 0.4) is 0 Å². The number of amides is 2. The lowest BCUT2D eigenvalue weighted by atomic mass is 9.88. The Morgan fingerprint density at radius 3 is 2.06 bits per heavy atom. The van der Waals surface area contributed by atoms with E-state index in [2.05, 4.69) is 5.32 Å². The molecule has 6 nitrogen and oxygen atoms in total. The van der Waals surface area contributed by atoms with Crippen LogP contribution in [0.15, 0.2) is 84.9 Å². The monoisotopic (exact) mass is 470 g/mol. The van der Waals surface area contributed by atoms with E-state index in [1.807, 2.05) is 36.4 Å². The summed E-state index contributed by atoms with van der Waals surface area (Å²) >= 11 is 0. The summed E-state index contributed by atoms with van der Waals surface area (Å²) in [5, 5.41) is 2.94. The summed E-state index contributed by atoms with van der Waals surface area (Å²) in [6.45, 7) is 0.968. The zero-order chi connectivity index (χ0) is 24.6. The quantitative estimate of drug-likeness (QED) is 0.502. The zero-order valence-electron chi connectivity index (χ0n) is 19.9. The molecule has 1 aliphatic heterocycles. The number of nitrogens with zero attached hydrogens (tertiary/aromatic N) is 1. The van der Waals surface area contributed by atoms with Crippen molar-refractivity contribution in [2.75, 3.05) is 20.2 Å². The lowest BCUT2D eigenvalue weighted by Gasteiger charge is -2.34. The lowest BCUT2D eigenvalue weighted by molar-refractivity contribution is -0.134. The minimum atomic E-state index is -0.682. The number of hydrogen-bond acceptors (Lipinski definition) is 4. The van der Waals surface area contributed by atoms with Gasteiger partial charge in [0.15, 0.2) is 5.78 Å². The van der Waals surface area contributed by atoms with Gasteiger partial charge in [-0.25, -0.2) is 0 Å². The van der Waals surface area contributed by atoms with Crippen molar-refractivity contribution < 1.29 is 19.1 Å². The van der Waals surface area contributed by atoms with Gasteiger partial charge in [-0.3, -0.25) is 14.4 Å². The normalized spacial score (nSPS) is 14.7. The Morgan fingerprint density at radius 2 is 1.46 bits per heavy atom. The summed E-state index contributed by atoms with van der Waals surface area (Å²) in [4.78, 5) is 41.1. The minimum Gasteiger partial charge on any atom is -0.497 e. The highest BCUT2D eigenvalue weighted by molar-refractivity contribution is 5.99. The lowest BCUT2D eigenvalue weighted by Crippen LogP contribution is -2.52. The molecule has 0 saturated carbocycles. The molecular formula is C29H30N2O4. The number of ether oxygens (including phenoxy) is 1. The first-order chi connectivity index (χ1) is 17.0. The second-order valence-electron chi connectivity index (χ2n) is 8.77. The summed E-state index contributed by atoms with van der Waals surface area (Å²) in [5.41, 5.74) is 2.15. The predicted molar refractivity (Wildman–Crippen MR) is 134 cm³/mol. The number of carbonyl (C=O) groups excluding carboxylic acids is 3. The van der Waals surface area contributed by atoms with E-state index >= 15 is 0 Å². The molecule has 1 saturated heterocycles. The van der Waals surface area contributed by atoms with E-state index in [1.54, 1.807) is 60.5 Å². The molecule has 0 radical (unpaired) electrons. The van der Waals surface area contributed by atoms with Gasteiger partial charge in [-0.1, -0.05) is 48.5 Å². The van der Waals surface area contributed by atoms with Gasteiger partial charge in [-0.05, 0) is 54.8 Å². The van der Waals surface area contributed by atoms with Crippen molar-refractivity contribution in [1.29, 1.82) is 0 Å². The molecule has 0 bridgehead atoms. The third-order valence-electron chi connectivity index (χ3n) is 6.47. The molecule has 180 valence electrons. The highest BCUT2D eigenvalue weighted by atomic mass is 16.5. The fraction of sp³-hybridized carbons (Fsp3) is 0.276. The molecule has 1 heterocycles. The Hall–Kier alpha value is -3.93. The Labute approximate surface area is 205 Å². The standard InChI is InChI=1S/C29H30N2O4/c1-35-25-14-12-22(13-15-25)27(32)23-16-18-31(19-17-23)29(34)26(20-21-8-4-2-5-9-21)30-28(33)24-10-6-3-7-11-24/h2-15,23,26H,16-20H2,1H3,(H,30,33)/t26-/m0/s1. The van der Waals surface area contributed by atoms with Gasteiger partial charge in [0.2, 0.25) is 5.91 Å². The number of nitrogens with one attached hydrogen (secondary N) is 1. The van der Waals surface area contributed by atoms with Crippen molar-refractivity contribution in [1.82, 2.24) is 10.2 Å². The Bertz CT molecular complexity index is 1140. The number of carbonyl (C=O) groups is 3. The van der Waals surface area contributed by atoms with E-state index in [0.29, 0.717) is 49.2 Å². The molecule has 0 spiro atoms. The minimum absolute atomic E-state index is 0.0953. The summed E-state index contributed by atoms with van der Waals surface area (Å²) in [5.74, 6) is 0.291. The highest BCUT2D eigenvalue weighted by Crippen LogP contribution is 2.24.